The number of rotatable bonds is 4. The van der Waals surface area contributed by atoms with E-state index >= 15 is 0 Å². The largest absolute Gasteiger partial charge is 0.387 e. The summed E-state index contributed by atoms with van der Waals surface area (Å²) < 4.78 is 0. The Balaban J connectivity index is 1.32. The first-order valence-corrected chi connectivity index (χ1v) is 9.79. The molecule has 5 nitrogen and oxygen atoms in total. The fraction of sp³-hybridized carbons (Fsp3) is 0.381. The predicted molar refractivity (Wildman–Crippen MR) is 107 cm³/mol. The van der Waals surface area contributed by atoms with Crippen LogP contribution in [0, 0.1) is 0 Å². The number of nitrogens with zero attached hydrogens (tertiary/aromatic N) is 2. The zero-order valence-corrected chi connectivity index (χ0v) is 15.9. The summed E-state index contributed by atoms with van der Waals surface area (Å²) in [6, 6.07) is 15.6. The highest BCUT2D eigenvalue weighted by Crippen LogP contribution is 2.28. The Morgan fingerprint density at radius 3 is 2.56 bits per heavy atom. The van der Waals surface area contributed by atoms with E-state index in [0.717, 1.165) is 42.7 Å². The Morgan fingerprint density at radius 1 is 1.11 bits per heavy atom. The number of nitrogens with one attached hydrogen (secondary N) is 1. The van der Waals surface area contributed by atoms with Gasteiger partial charge in [-0.3, -0.25) is 0 Å². The van der Waals surface area contributed by atoms with E-state index in [0.29, 0.717) is 18.1 Å². The number of hydrogen-bond acceptors (Lipinski definition) is 3. The van der Waals surface area contributed by atoms with Crippen LogP contribution in [0.1, 0.15) is 30.1 Å². The van der Waals surface area contributed by atoms with E-state index in [9.17, 15) is 9.90 Å². The van der Waals surface area contributed by atoms with Gasteiger partial charge in [-0.25, -0.2) is 4.79 Å². The van der Waals surface area contributed by atoms with Gasteiger partial charge in [0.1, 0.15) is 0 Å². The number of urea groups is 1. The van der Waals surface area contributed by atoms with Crippen molar-refractivity contribution in [3.63, 3.8) is 0 Å². The molecule has 2 aromatic rings. The van der Waals surface area contributed by atoms with E-state index < -0.39 is 6.10 Å². The van der Waals surface area contributed by atoms with E-state index in [1.165, 1.54) is 0 Å². The number of likely N-dealkylation sites (tertiary alicyclic amines) is 1. The number of halogens is 1. The van der Waals surface area contributed by atoms with E-state index in [1.807, 2.05) is 35.2 Å². The third-order valence-electron chi connectivity index (χ3n) is 5.54. The maximum atomic E-state index is 12.5. The minimum absolute atomic E-state index is 0.00616. The molecule has 0 radical (unpaired) electrons. The molecule has 2 N–H and O–H groups in total. The number of carbonyl (C=O) groups is 1. The van der Waals surface area contributed by atoms with Gasteiger partial charge in [-0.1, -0.05) is 41.9 Å². The van der Waals surface area contributed by atoms with E-state index in [1.54, 1.807) is 12.1 Å². The van der Waals surface area contributed by atoms with Gasteiger partial charge in [0.05, 0.1) is 6.10 Å². The normalized spacial score (nSPS) is 19.5. The quantitative estimate of drug-likeness (QED) is 0.839. The number of aliphatic hydroxyl groups is 1. The second kappa shape index (κ2) is 7.89. The van der Waals surface area contributed by atoms with Crippen molar-refractivity contribution in [3.05, 3.63) is 64.7 Å². The fourth-order valence-electron chi connectivity index (χ4n) is 3.97. The minimum Gasteiger partial charge on any atom is -0.387 e. The van der Waals surface area contributed by atoms with Gasteiger partial charge in [-0.2, -0.15) is 0 Å². The van der Waals surface area contributed by atoms with Crippen LogP contribution in [0.2, 0.25) is 5.02 Å². The van der Waals surface area contributed by atoms with Crippen molar-refractivity contribution in [1.29, 1.82) is 0 Å². The van der Waals surface area contributed by atoms with Gasteiger partial charge in [0.25, 0.3) is 0 Å². The SMILES string of the molecule is O=C1Nc2ccccc2CN1C1CCN(CC(O)c2ccc(Cl)cc2)CC1. The molecule has 2 aliphatic heterocycles. The standard InChI is InChI=1S/C21H24ClN3O2/c22-17-7-5-15(6-8-17)20(26)14-24-11-9-18(10-12-24)25-13-16-3-1-2-4-19(16)23-21(25)27/h1-8,18,20,26H,9-14H2,(H,23,27). The molecule has 0 spiro atoms. The molecule has 1 unspecified atom stereocenters. The third-order valence-corrected chi connectivity index (χ3v) is 5.80. The van der Waals surface area contributed by atoms with Crippen molar-refractivity contribution in [3.8, 4) is 0 Å². The van der Waals surface area contributed by atoms with Crippen LogP contribution in [0.4, 0.5) is 10.5 Å². The van der Waals surface area contributed by atoms with Crippen LogP contribution < -0.4 is 5.32 Å². The van der Waals surface area contributed by atoms with Crippen molar-refractivity contribution in [2.45, 2.75) is 31.5 Å². The first-order chi connectivity index (χ1) is 13.1. The molecule has 142 valence electrons. The van der Waals surface area contributed by atoms with Crippen LogP contribution in [0.15, 0.2) is 48.5 Å². The fourth-order valence-corrected chi connectivity index (χ4v) is 4.09. The number of fused-ring (bicyclic) bond motifs is 1. The molecular weight excluding hydrogens is 362 g/mol. The van der Waals surface area contributed by atoms with E-state index in [4.69, 9.17) is 11.6 Å². The highest BCUT2D eigenvalue weighted by atomic mass is 35.5. The summed E-state index contributed by atoms with van der Waals surface area (Å²) in [5, 5.41) is 14.1. The topological polar surface area (TPSA) is 55.8 Å². The number of para-hydroxylation sites is 1. The van der Waals surface area contributed by atoms with Crippen LogP contribution in [0.25, 0.3) is 0 Å². The van der Waals surface area contributed by atoms with Crippen molar-refractivity contribution >= 4 is 23.3 Å². The molecule has 1 saturated heterocycles. The number of aliphatic hydroxyl groups excluding tert-OH is 1. The molecule has 2 aromatic carbocycles. The van der Waals surface area contributed by atoms with Crippen molar-refractivity contribution in [2.75, 3.05) is 25.0 Å². The molecular formula is C21H24ClN3O2. The van der Waals surface area contributed by atoms with E-state index in [-0.39, 0.29) is 12.1 Å². The third kappa shape index (κ3) is 4.10. The zero-order valence-electron chi connectivity index (χ0n) is 15.1. The zero-order chi connectivity index (χ0) is 18.8. The lowest BCUT2D eigenvalue weighted by Gasteiger charge is -2.41. The number of amides is 2. The highest BCUT2D eigenvalue weighted by molar-refractivity contribution is 6.30. The molecule has 2 aliphatic rings. The Hall–Kier alpha value is -2.08. The minimum atomic E-state index is -0.524. The highest BCUT2D eigenvalue weighted by Gasteiger charge is 2.31. The van der Waals surface area contributed by atoms with Crippen molar-refractivity contribution in [2.24, 2.45) is 0 Å². The number of benzene rings is 2. The monoisotopic (exact) mass is 385 g/mol. The molecule has 6 heteroatoms. The molecule has 1 atom stereocenters. The lowest BCUT2D eigenvalue weighted by Crippen LogP contribution is -2.50. The molecule has 0 bridgehead atoms. The lowest BCUT2D eigenvalue weighted by atomic mass is 10.00. The average Bonchev–Trinajstić information content (AvgIpc) is 2.68. The molecule has 27 heavy (non-hydrogen) atoms. The van der Waals surface area contributed by atoms with Crippen LogP contribution in [-0.2, 0) is 6.54 Å². The van der Waals surface area contributed by atoms with Crippen molar-refractivity contribution < 1.29 is 9.90 Å². The second-order valence-electron chi connectivity index (χ2n) is 7.31. The lowest BCUT2D eigenvalue weighted by molar-refractivity contribution is 0.0747. The molecule has 4 rings (SSSR count). The molecule has 0 saturated carbocycles. The average molecular weight is 386 g/mol. The number of hydrogen-bond donors (Lipinski definition) is 2. The molecule has 0 aliphatic carbocycles. The van der Waals surface area contributed by atoms with Gasteiger partial charge in [0.2, 0.25) is 0 Å². The Morgan fingerprint density at radius 2 is 1.81 bits per heavy atom. The van der Waals surface area contributed by atoms with Gasteiger partial charge < -0.3 is 20.2 Å². The number of piperidine rings is 1. The number of β-amino-alcohol motifs (C(OH)–C–C–N with tert-alkyl or cyclic N) is 1. The Labute approximate surface area is 164 Å². The van der Waals surface area contributed by atoms with Crippen LogP contribution in [-0.4, -0.2) is 46.6 Å². The smallest absolute Gasteiger partial charge is 0.322 e. The van der Waals surface area contributed by atoms with Gasteiger partial charge in [0.15, 0.2) is 0 Å². The van der Waals surface area contributed by atoms with Crippen LogP contribution in [0.5, 0.6) is 0 Å². The summed E-state index contributed by atoms with van der Waals surface area (Å²) in [6.07, 6.45) is 1.32. The van der Waals surface area contributed by atoms with Gasteiger partial charge >= 0.3 is 6.03 Å². The van der Waals surface area contributed by atoms with Gasteiger partial charge in [-0.05, 0) is 42.2 Å². The first-order valence-electron chi connectivity index (χ1n) is 9.41. The Bertz CT molecular complexity index is 803. The van der Waals surface area contributed by atoms with E-state index in [2.05, 4.69) is 16.3 Å². The summed E-state index contributed by atoms with van der Waals surface area (Å²) in [6.45, 7) is 3.02. The summed E-state index contributed by atoms with van der Waals surface area (Å²) in [5.74, 6) is 0. The summed E-state index contributed by atoms with van der Waals surface area (Å²) in [4.78, 5) is 16.7. The summed E-state index contributed by atoms with van der Waals surface area (Å²) >= 11 is 5.91. The van der Waals surface area contributed by atoms with Crippen molar-refractivity contribution in [1.82, 2.24) is 9.80 Å². The maximum absolute atomic E-state index is 12.5. The van der Waals surface area contributed by atoms with Gasteiger partial charge in [-0.15, -0.1) is 0 Å². The van der Waals surface area contributed by atoms with Crippen LogP contribution >= 0.6 is 11.6 Å². The second-order valence-corrected chi connectivity index (χ2v) is 7.75. The number of anilines is 1. The molecule has 1 fully saturated rings. The van der Waals surface area contributed by atoms with Gasteiger partial charge in [0, 0.05) is 42.9 Å². The van der Waals surface area contributed by atoms with Crippen LogP contribution in [0.3, 0.4) is 0 Å². The Kier molecular flexibility index (Phi) is 5.34. The number of carbonyl (C=O) groups excluding carboxylic acids is 1. The summed E-state index contributed by atoms with van der Waals surface area (Å²) in [5.41, 5.74) is 2.97. The molecule has 2 amide bonds. The molecule has 0 aromatic heterocycles. The summed E-state index contributed by atoms with van der Waals surface area (Å²) in [7, 11) is 0. The molecule has 2 heterocycles. The maximum Gasteiger partial charge on any atom is 0.322 e. The first kappa shape index (κ1) is 18.3. The predicted octanol–water partition coefficient (Wildman–Crippen LogP) is 3.89.